The Labute approximate surface area is 90.8 Å². The van der Waals surface area contributed by atoms with Crippen molar-refractivity contribution < 1.29 is 0 Å². The fraction of sp³-hybridized carbons (Fsp3) is 0.333. The van der Waals surface area contributed by atoms with Crippen LogP contribution in [-0.4, -0.2) is 6.04 Å². The highest BCUT2D eigenvalue weighted by Gasteiger charge is 1.98. The molecule has 1 aromatic carbocycles. The average Bonchev–Trinajstić information content (AvgIpc) is 2.15. The van der Waals surface area contributed by atoms with E-state index >= 15 is 0 Å². The van der Waals surface area contributed by atoms with E-state index in [1.165, 1.54) is 5.56 Å². The molecule has 14 heavy (non-hydrogen) atoms. The zero-order chi connectivity index (χ0) is 10.4. The summed E-state index contributed by atoms with van der Waals surface area (Å²) in [6, 6.07) is 8.37. The molecule has 1 nitrogen and oxygen atoms in total. The highest BCUT2D eigenvalue weighted by atomic mass is 35.5. The van der Waals surface area contributed by atoms with Gasteiger partial charge in [0.25, 0.3) is 0 Å². The van der Waals surface area contributed by atoms with Gasteiger partial charge in [-0.1, -0.05) is 29.8 Å². The summed E-state index contributed by atoms with van der Waals surface area (Å²) in [5.74, 6) is 0. The van der Waals surface area contributed by atoms with Gasteiger partial charge < -0.3 is 5.32 Å². The summed E-state index contributed by atoms with van der Waals surface area (Å²) in [4.78, 5) is 0. The van der Waals surface area contributed by atoms with Crippen molar-refractivity contribution in [2.75, 3.05) is 0 Å². The molecule has 0 spiro atoms. The van der Waals surface area contributed by atoms with E-state index < -0.39 is 0 Å². The highest BCUT2D eigenvalue weighted by Crippen LogP contribution is 2.10. The fourth-order valence-corrected chi connectivity index (χ4v) is 1.49. The van der Waals surface area contributed by atoms with Crippen LogP contribution in [0.1, 0.15) is 18.9 Å². The predicted octanol–water partition coefficient (Wildman–Crippen LogP) is 3.39. The Morgan fingerprint density at radius 2 is 2.36 bits per heavy atom. The Kier molecular flexibility index (Phi) is 4.71. The van der Waals surface area contributed by atoms with Crippen molar-refractivity contribution in [3.8, 4) is 0 Å². The first-order valence-corrected chi connectivity index (χ1v) is 5.19. The number of rotatable bonds is 5. The van der Waals surface area contributed by atoms with Crippen LogP contribution in [0.15, 0.2) is 36.9 Å². The van der Waals surface area contributed by atoms with Crippen LogP contribution in [0.3, 0.4) is 0 Å². The van der Waals surface area contributed by atoms with Gasteiger partial charge in [-0.25, -0.2) is 0 Å². The van der Waals surface area contributed by atoms with Gasteiger partial charge in [0.15, 0.2) is 0 Å². The molecule has 1 unspecified atom stereocenters. The number of benzene rings is 1. The number of halogens is 1. The number of hydrogen-bond acceptors (Lipinski definition) is 1. The van der Waals surface area contributed by atoms with E-state index in [0.717, 1.165) is 18.0 Å². The molecule has 1 N–H and O–H groups in total. The minimum atomic E-state index is 0.464. The third kappa shape index (κ3) is 3.95. The number of hydrogen-bond donors (Lipinski definition) is 1. The molecule has 0 radical (unpaired) electrons. The van der Waals surface area contributed by atoms with Crippen LogP contribution in [0.2, 0.25) is 5.02 Å². The Morgan fingerprint density at radius 1 is 1.57 bits per heavy atom. The van der Waals surface area contributed by atoms with Crippen molar-refractivity contribution in [3.63, 3.8) is 0 Å². The van der Waals surface area contributed by atoms with E-state index in [2.05, 4.69) is 24.9 Å². The van der Waals surface area contributed by atoms with E-state index in [-0.39, 0.29) is 0 Å². The Balaban J connectivity index is 2.41. The van der Waals surface area contributed by atoms with E-state index in [9.17, 15) is 0 Å². The molecule has 1 atom stereocenters. The fourth-order valence-electron chi connectivity index (χ4n) is 1.27. The topological polar surface area (TPSA) is 12.0 Å². The Morgan fingerprint density at radius 3 is 3.00 bits per heavy atom. The van der Waals surface area contributed by atoms with Gasteiger partial charge in [0.05, 0.1) is 0 Å². The van der Waals surface area contributed by atoms with Gasteiger partial charge in [0.2, 0.25) is 0 Å². The Bertz CT molecular complexity index is 296. The van der Waals surface area contributed by atoms with Crippen LogP contribution in [0, 0.1) is 0 Å². The summed E-state index contributed by atoms with van der Waals surface area (Å²) < 4.78 is 0. The molecule has 1 rings (SSSR count). The zero-order valence-electron chi connectivity index (χ0n) is 8.46. The lowest BCUT2D eigenvalue weighted by Gasteiger charge is -2.11. The molecule has 0 aromatic heterocycles. The van der Waals surface area contributed by atoms with E-state index in [1.807, 2.05) is 24.3 Å². The maximum Gasteiger partial charge on any atom is 0.0409 e. The molecular formula is C12H16ClN. The van der Waals surface area contributed by atoms with Crippen LogP contribution in [0.25, 0.3) is 0 Å². The molecule has 0 saturated carbocycles. The summed E-state index contributed by atoms with van der Waals surface area (Å²) in [6.07, 6.45) is 2.91. The molecule has 0 amide bonds. The van der Waals surface area contributed by atoms with Crippen LogP contribution < -0.4 is 5.32 Å². The van der Waals surface area contributed by atoms with Crippen LogP contribution in [-0.2, 0) is 6.54 Å². The van der Waals surface area contributed by atoms with Gasteiger partial charge in [-0.3, -0.25) is 0 Å². The molecular weight excluding hydrogens is 194 g/mol. The monoisotopic (exact) mass is 209 g/mol. The smallest absolute Gasteiger partial charge is 0.0409 e. The second-order valence-electron chi connectivity index (χ2n) is 3.44. The van der Waals surface area contributed by atoms with Crippen molar-refractivity contribution in [1.29, 1.82) is 0 Å². The second-order valence-corrected chi connectivity index (χ2v) is 3.87. The first kappa shape index (κ1) is 11.3. The molecule has 0 aliphatic heterocycles. The SMILES string of the molecule is C=CCC(C)NCc1cccc(Cl)c1. The van der Waals surface area contributed by atoms with E-state index in [1.54, 1.807) is 0 Å². The van der Waals surface area contributed by atoms with Crippen LogP contribution >= 0.6 is 11.6 Å². The van der Waals surface area contributed by atoms with Gasteiger partial charge >= 0.3 is 0 Å². The molecule has 0 aliphatic rings. The summed E-state index contributed by atoms with van der Waals surface area (Å²) in [6.45, 7) is 6.71. The Hall–Kier alpha value is -0.790. The molecule has 0 bridgehead atoms. The normalized spacial score (nSPS) is 12.4. The highest BCUT2D eigenvalue weighted by molar-refractivity contribution is 6.30. The van der Waals surface area contributed by atoms with E-state index in [4.69, 9.17) is 11.6 Å². The maximum absolute atomic E-state index is 5.88. The van der Waals surface area contributed by atoms with Crippen molar-refractivity contribution in [2.24, 2.45) is 0 Å². The second kappa shape index (κ2) is 5.84. The minimum absolute atomic E-state index is 0.464. The third-order valence-electron chi connectivity index (χ3n) is 2.06. The van der Waals surface area contributed by atoms with Crippen molar-refractivity contribution >= 4 is 11.6 Å². The van der Waals surface area contributed by atoms with Crippen molar-refractivity contribution in [1.82, 2.24) is 5.32 Å². The van der Waals surface area contributed by atoms with E-state index in [0.29, 0.717) is 6.04 Å². The molecule has 0 heterocycles. The summed E-state index contributed by atoms with van der Waals surface area (Å²) in [5, 5.41) is 4.19. The molecule has 2 heteroatoms. The van der Waals surface area contributed by atoms with Gasteiger partial charge in [-0.05, 0) is 31.0 Å². The van der Waals surface area contributed by atoms with Crippen molar-refractivity contribution in [2.45, 2.75) is 25.9 Å². The van der Waals surface area contributed by atoms with Crippen molar-refractivity contribution in [3.05, 3.63) is 47.5 Å². The average molecular weight is 210 g/mol. The van der Waals surface area contributed by atoms with Gasteiger partial charge in [0.1, 0.15) is 0 Å². The largest absolute Gasteiger partial charge is 0.310 e. The molecule has 76 valence electrons. The molecule has 0 aliphatic carbocycles. The molecule has 0 fully saturated rings. The lowest BCUT2D eigenvalue weighted by atomic mass is 10.2. The van der Waals surface area contributed by atoms with Crippen LogP contribution in [0.4, 0.5) is 0 Å². The predicted molar refractivity (Wildman–Crippen MR) is 62.6 cm³/mol. The summed E-state index contributed by atoms with van der Waals surface area (Å²) in [7, 11) is 0. The quantitative estimate of drug-likeness (QED) is 0.734. The number of nitrogens with one attached hydrogen (secondary N) is 1. The lowest BCUT2D eigenvalue weighted by molar-refractivity contribution is 0.554. The minimum Gasteiger partial charge on any atom is -0.310 e. The lowest BCUT2D eigenvalue weighted by Crippen LogP contribution is -2.24. The molecule has 0 saturated heterocycles. The van der Waals surface area contributed by atoms with Crippen LogP contribution in [0.5, 0.6) is 0 Å². The first-order valence-electron chi connectivity index (χ1n) is 4.81. The third-order valence-corrected chi connectivity index (χ3v) is 2.30. The summed E-state index contributed by atoms with van der Waals surface area (Å²) in [5.41, 5.74) is 1.22. The maximum atomic E-state index is 5.88. The van der Waals surface area contributed by atoms with Gasteiger partial charge in [-0.2, -0.15) is 0 Å². The first-order chi connectivity index (χ1) is 6.72. The standard InChI is InChI=1S/C12H16ClN/c1-3-5-10(2)14-9-11-6-4-7-12(13)8-11/h3-4,6-8,10,14H,1,5,9H2,2H3. The molecule has 1 aromatic rings. The van der Waals surface area contributed by atoms with Gasteiger partial charge in [-0.15, -0.1) is 6.58 Å². The van der Waals surface area contributed by atoms with Gasteiger partial charge in [0, 0.05) is 17.6 Å². The summed E-state index contributed by atoms with van der Waals surface area (Å²) >= 11 is 5.88. The zero-order valence-corrected chi connectivity index (χ0v) is 9.22.